The molecule has 0 saturated carbocycles. The maximum absolute atomic E-state index is 5.94. The molecule has 1 unspecified atom stereocenters. The van der Waals surface area contributed by atoms with Crippen LogP contribution in [0, 0.1) is 0 Å². The summed E-state index contributed by atoms with van der Waals surface area (Å²) < 4.78 is 5.94. The van der Waals surface area contributed by atoms with Crippen molar-refractivity contribution in [1.82, 2.24) is 9.80 Å². The van der Waals surface area contributed by atoms with E-state index in [2.05, 4.69) is 58.6 Å². The van der Waals surface area contributed by atoms with E-state index < -0.39 is 0 Å². The van der Waals surface area contributed by atoms with Crippen molar-refractivity contribution in [2.45, 2.75) is 32.2 Å². The largest absolute Gasteiger partial charge is 0.491 e. The first-order valence-electron chi connectivity index (χ1n) is 9.77. The predicted molar refractivity (Wildman–Crippen MR) is 106 cm³/mol. The van der Waals surface area contributed by atoms with E-state index in [9.17, 15) is 0 Å². The Morgan fingerprint density at radius 3 is 2.69 bits per heavy atom. The standard InChI is InChI=1S/C22H29N3O/c1-17(2)25-12-10-24(11-13-25)15-18-5-7-19(8-6-18)20-14-21-22(26-16-20)4-3-9-23-21/h4-8,20H,1,3,9-16H2,2H3. The fourth-order valence-electron chi connectivity index (χ4n) is 4.04. The number of aliphatic imine (C=N–C) groups is 1. The number of nitrogens with zero attached hydrogens (tertiary/aromatic N) is 3. The molecule has 3 aliphatic heterocycles. The minimum absolute atomic E-state index is 0.428. The number of allylic oxidation sites excluding steroid dienone is 2. The lowest BCUT2D eigenvalue weighted by Crippen LogP contribution is -2.44. The summed E-state index contributed by atoms with van der Waals surface area (Å²) >= 11 is 0. The molecular formula is C22H29N3O. The highest BCUT2D eigenvalue weighted by atomic mass is 16.5. The zero-order valence-corrected chi connectivity index (χ0v) is 15.8. The molecule has 0 amide bonds. The first kappa shape index (κ1) is 17.3. The maximum atomic E-state index is 5.94. The highest BCUT2D eigenvalue weighted by Crippen LogP contribution is 2.30. The fraction of sp³-hybridized carbons (Fsp3) is 0.500. The molecule has 4 nitrogen and oxygen atoms in total. The lowest BCUT2D eigenvalue weighted by atomic mass is 9.90. The van der Waals surface area contributed by atoms with Crippen LogP contribution in [-0.2, 0) is 11.3 Å². The summed E-state index contributed by atoms with van der Waals surface area (Å²) in [6, 6.07) is 9.14. The average molecular weight is 351 g/mol. The Kier molecular flexibility index (Phi) is 5.11. The molecule has 3 aliphatic rings. The van der Waals surface area contributed by atoms with Crippen molar-refractivity contribution < 1.29 is 4.74 Å². The van der Waals surface area contributed by atoms with Crippen LogP contribution in [0.25, 0.3) is 0 Å². The van der Waals surface area contributed by atoms with E-state index >= 15 is 0 Å². The van der Waals surface area contributed by atoms with Crippen molar-refractivity contribution in [3.8, 4) is 0 Å². The smallest absolute Gasteiger partial charge is 0.136 e. The van der Waals surface area contributed by atoms with Crippen LogP contribution in [0.3, 0.4) is 0 Å². The summed E-state index contributed by atoms with van der Waals surface area (Å²) in [6.45, 7) is 13.3. The number of piperazine rings is 1. The van der Waals surface area contributed by atoms with Gasteiger partial charge in [0.15, 0.2) is 0 Å². The van der Waals surface area contributed by atoms with Gasteiger partial charge in [-0.3, -0.25) is 9.89 Å². The van der Waals surface area contributed by atoms with Crippen LogP contribution in [-0.4, -0.2) is 54.8 Å². The Labute approximate surface area is 156 Å². The molecule has 3 heterocycles. The van der Waals surface area contributed by atoms with Gasteiger partial charge in [-0.15, -0.1) is 0 Å². The van der Waals surface area contributed by atoms with Gasteiger partial charge in [-0.2, -0.15) is 0 Å². The SMILES string of the molecule is C=C(C)N1CCN(Cc2ccc(C3COC4=CCCN=C4C3)cc2)CC1. The van der Waals surface area contributed by atoms with Gasteiger partial charge in [-0.25, -0.2) is 0 Å². The molecule has 0 N–H and O–H groups in total. The topological polar surface area (TPSA) is 28.1 Å². The van der Waals surface area contributed by atoms with E-state index in [1.54, 1.807) is 0 Å². The van der Waals surface area contributed by atoms with Crippen LogP contribution >= 0.6 is 0 Å². The molecule has 0 spiro atoms. The van der Waals surface area contributed by atoms with Crippen LogP contribution in [0.2, 0.25) is 0 Å². The van der Waals surface area contributed by atoms with Gasteiger partial charge in [0.05, 0.1) is 12.3 Å². The highest BCUT2D eigenvalue weighted by Gasteiger charge is 2.26. The second-order valence-electron chi connectivity index (χ2n) is 7.64. The van der Waals surface area contributed by atoms with Crippen molar-refractivity contribution in [1.29, 1.82) is 0 Å². The van der Waals surface area contributed by atoms with Gasteiger partial charge in [0.2, 0.25) is 0 Å². The molecule has 1 atom stereocenters. The Morgan fingerprint density at radius 1 is 1.19 bits per heavy atom. The number of rotatable bonds is 4. The van der Waals surface area contributed by atoms with Gasteiger partial charge in [0.1, 0.15) is 5.76 Å². The van der Waals surface area contributed by atoms with E-state index in [0.29, 0.717) is 5.92 Å². The van der Waals surface area contributed by atoms with Crippen LogP contribution in [0.15, 0.2) is 53.4 Å². The normalized spacial score (nSPS) is 23.6. The van der Waals surface area contributed by atoms with E-state index in [0.717, 1.165) is 70.2 Å². The second-order valence-corrected chi connectivity index (χ2v) is 7.64. The lowest BCUT2D eigenvalue weighted by molar-refractivity contribution is 0.153. The summed E-state index contributed by atoms with van der Waals surface area (Å²) in [4.78, 5) is 9.56. The Bertz CT molecular complexity index is 711. The summed E-state index contributed by atoms with van der Waals surface area (Å²) in [5, 5.41) is 0. The van der Waals surface area contributed by atoms with E-state index in [-0.39, 0.29) is 0 Å². The van der Waals surface area contributed by atoms with Gasteiger partial charge in [-0.05, 0) is 30.5 Å². The first-order chi connectivity index (χ1) is 12.7. The molecule has 2 fully saturated rings. The lowest BCUT2D eigenvalue weighted by Gasteiger charge is -2.36. The summed E-state index contributed by atoms with van der Waals surface area (Å²) in [5.41, 5.74) is 5.11. The molecule has 4 heteroatoms. The maximum Gasteiger partial charge on any atom is 0.136 e. The van der Waals surface area contributed by atoms with Crippen LogP contribution in [0.4, 0.5) is 0 Å². The Morgan fingerprint density at radius 2 is 1.96 bits per heavy atom. The van der Waals surface area contributed by atoms with Gasteiger partial charge in [0.25, 0.3) is 0 Å². The third kappa shape index (κ3) is 3.85. The molecular weight excluding hydrogens is 322 g/mol. The van der Waals surface area contributed by atoms with E-state index in [1.165, 1.54) is 16.8 Å². The van der Waals surface area contributed by atoms with E-state index in [1.807, 2.05) is 0 Å². The number of benzene rings is 1. The molecule has 0 bridgehead atoms. The number of fused-ring (bicyclic) bond motifs is 1. The zero-order chi connectivity index (χ0) is 17.9. The first-order valence-corrected chi connectivity index (χ1v) is 9.77. The van der Waals surface area contributed by atoms with Crippen molar-refractivity contribution in [2.75, 3.05) is 39.3 Å². The number of dihydropyridines is 1. The predicted octanol–water partition coefficient (Wildman–Crippen LogP) is 3.57. The third-order valence-corrected chi connectivity index (χ3v) is 5.70. The molecule has 2 saturated heterocycles. The molecule has 4 rings (SSSR count). The van der Waals surface area contributed by atoms with Crippen LogP contribution in [0.1, 0.15) is 36.8 Å². The van der Waals surface area contributed by atoms with Crippen molar-refractivity contribution in [2.24, 2.45) is 4.99 Å². The van der Waals surface area contributed by atoms with Gasteiger partial charge in [-0.1, -0.05) is 30.8 Å². The molecule has 0 aliphatic carbocycles. The quantitative estimate of drug-likeness (QED) is 0.830. The highest BCUT2D eigenvalue weighted by molar-refractivity contribution is 6.00. The van der Waals surface area contributed by atoms with Crippen molar-refractivity contribution in [3.05, 3.63) is 59.5 Å². The third-order valence-electron chi connectivity index (χ3n) is 5.70. The Hall–Kier alpha value is -2.07. The number of hydrogen-bond acceptors (Lipinski definition) is 4. The average Bonchev–Trinajstić information content (AvgIpc) is 2.68. The summed E-state index contributed by atoms with van der Waals surface area (Å²) in [6.07, 6.45) is 4.21. The molecule has 26 heavy (non-hydrogen) atoms. The Balaban J connectivity index is 1.33. The fourth-order valence-corrected chi connectivity index (χ4v) is 4.04. The molecule has 0 radical (unpaired) electrons. The van der Waals surface area contributed by atoms with Crippen LogP contribution < -0.4 is 0 Å². The molecule has 1 aromatic carbocycles. The summed E-state index contributed by atoms with van der Waals surface area (Å²) in [5.74, 6) is 1.45. The number of ether oxygens (including phenoxy) is 1. The summed E-state index contributed by atoms with van der Waals surface area (Å²) in [7, 11) is 0. The van der Waals surface area contributed by atoms with Gasteiger partial charge in [0, 0.05) is 57.3 Å². The second kappa shape index (κ2) is 7.67. The minimum atomic E-state index is 0.428. The zero-order valence-electron chi connectivity index (χ0n) is 15.8. The molecule has 0 aromatic heterocycles. The molecule has 138 valence electrons. The molecule has 1 aromatic rings. The van der Waals surface area contributed by atoms with Crippen molar-refractivity contribution >= 4 is 5.71 Å². The van der Waals surface area contributed by atoms with Gasteiger partial charge < -0.3 is 9.64 Å². The van der Waals surface area contributed by atoms with Crippen molar-refractivity contribution in [3.63, 3.8) is 0 Å². The van der Waals surface area contributed by atoms with E-state index in [4.69, 9.17) is 4.74 Å². The van der Waals surface area contributed by atoms with Crippen LogP contribution in [0.5, 0.6) is 0 Å². The van der Waals surface area contributed by atoms with Gasteiger partial charge >= 0.3 is 0 Å². The monoisotopic (exact) mass is 351 g/mol. The number of hydrogen-bond donors (Lipinski definition) is 0. The minimum Gasteiger partial charge on any atom is -0.491 e.